The van der Waals surface area contributed by atoms with Gasteiger partial charge in [-0.1, -0.05) is 24.3 Å². The first-order valence-electron chi connectivity index (χ1n) is 10.1. The molecule has 0 N–H and O–H groups in total. The van der Waals surface area contributed by atoms with Gasteiger partial charge in [-0.3, -0.25) is 9.69 Å². The van der Waals surface area contributed by atoms with Crippen molar-refractivity contribution in [3.05, 3.63) is 48.0 Å². The van der Waals surface area contributed by atoms with Gasteiger partial charge in [0.05, 0.1) is 33.6 Å². The molecular formula is C23H31N3O4. The third-order valence-corrected chi connectivity index (χ3v) is 5.39. The van der Waals surface area contributed by atoms with E-state index in [2.05, 4.69) is 11.0 Å². The van der Waals surface area contributed by atoms with E-state index >= 15 is 0 Å². The van der Waals surface area contributed by atoms with Crippen molar-refractivity contribution in [2.45, 2.75) is 6.54 Å². The maximum Gasteiger partial charge on any atom is 0.236 e. The number of ether oxygens (including phenoxy) is 3. The standard InChI is InChI=1S/C23H31N3O4/c1-24(16-18-8-7-11-21(29-3)23(18)30-4)17-22(27)26-14-12-25(13-15-26)19-9-5-6-10-20(19)28-2/h5-11H,12-17H2,1-4H3. The van der Waals surface area contributed by atoms with Gasteiger partial charge < -0.3 is 24.0 Å². The Bertz CT molecular complexity index is 850. The normalized spacial score (nSPS) is 14.0. The Morgan fingerprint density at radius 2 is 1.57 bits per heavy atom. The van der Waals surface area contributed by atoms with E-state index in [9.17, 15) is 4.79 Å². The number of hydrogen-bond acceptors (Lipinski definition) is 6. The summed E-state index contributed by atoms with van der Waals surface area (Å²) in [5.74, 6) is 2.41. The minimum Gasteiger partial charge on any atom is -0.495 e. The average molecular weight is 414 g/mol. The molecule has 0 atom stereocenters. The molecule has 1 aliphatic rings. The van der Waals surface area contributed by atoms with Gasteiger partial charge in [0.25, 0.3) is 0 Å². The summed E-state index contributed by atoms with van der Waals surface area (Å²) in [7, 11) is 6.89. The van der Waals surface area contributed by atoms with Crippen LogP contribution in [0.4, 0.5) is 5.69 Å². The van der Waals surface area contributed by atoms with Crippen LogP contribution in [0.1, 0.15) is 5.56 Å². The number of amides is 1. The molecule has 1 heterocycles. The SMILES string of the molecule is COc1ccccc1N1CCN(C(=O)CN(C)Cc2cccc(OC)c2OC)CC1. The Morgan fingerprint density at radius 3 is 2.23 bits per heavy atom. The highest BCUT2D eigenvalue weighted by atomic mass is 16.5. The molecule has 1 saturated heterocycles. The van der Waals surface area contributed by atoms with Crippen LogP contribution in [0.3, 0.4) is 0 Å². The van der Waals surface area contributed by atoms with Gasteiger partial charge in [-0.2, -0.15) is 0 Å². The molecule has 1 aliphatic heterocycles. The summed E-state index contributed by atoms with van der Waals surface area (Å²) < 4.78 is 16.3. The monoisotopic (exact) mass is 413 g/mol. The first kappa shape index (κ1) is 21.8. The quantitative estimate of drug-likeness (QED) is 0.663. The summed E-state index contributed by atoms with van der Waals surface area (Å²) in [6.45, 7) is 3.95. The Labute approximate surface area is 178 Å². The topological polar surface area (TPSA) is 54.5 Å². The van der Waals surface area contributed by atoms with Crippen molar-refractivity contribution in [2.75, 3.05) is 66.0 Å². The molecule has 7 heteroatoms. The van der Waals surface area contributed by atoms with Gasteiger partial charge >= 0.3 is 0 Å². The van der Waals surface area contributed by atoms with Gasteiger partial charge in [0.1, 0.15) is 5.75 Å². The van der Waals surface area contributed by atoms with E-state index in [4.69, 9.17) is 14.2 Å². The van der Waals surface area contributed by atoms with Crippen molar-refractivity contribution in [1.29, 1.82) is 0 Å². The molecule has 0 spiro atoms. The summed E-state index contributed by atoms with van der Waals surface area (Å²) in [6.07, 6.45) is 0. The molecule has 0 radical (unpaired) electrons. The number of rotatable bonds is 8. The molecule has 1 amide bonds. The van der Waals surface area contributed by atoms with E-state index in [1.54, 1.807) is 21.3 Å². The minimum atomic E-state index is 0.138. The molecule has 0 aliphatic carbocycles. The van der Waals surface area contributed by atoms with Crippen molar-refractivity contribution >= 4 is 11.6 Å². The number of carbonyl (C=O) groups excluding carboxylic acids is 1. The van der Waals surface area contributed by atoms with Crippen LogP contribution in [0, 0.1) is 0 Å². The molecule has 0 aromatic heterocycles. The van der Waals surface area contributed by atoms with Gasteiger partial charge in [0.15, 0.2) is 11.5 Å². The first-order valence-corrected chi connectivity index (χ1v) is 10.1. The smallest absolute Gasteiger partial charge is 0.236 e. The lowest BCUT2D eigenvalue weighted by molar-refractivity contribution is -0.132. The van der Waals surface area contributed by atoms with Crippen LogP contribution in [0.25, 0.3) is 0 Å². The number of likely N-dealkylation sites (N-methyl/N-ethyl adjacent to an activating group) is 1. The number of methoxy groups -OCH3 is 3. The molecule has 7 nitrogen and oxygen atoms in total. The van der Waals surface area contributed by atoms with Crippen LogP contribution in [-0.2, 0) is 11.3 Å². The summed E-state index contributed by atoms with van der Waals surface area (Å²) in [5.41, 5.74) is 2.07. The Kier molecular flexibility index (Phi) is 7.41. The first-order chi connectivity index (χ1) is 14.6. The number of nitrogens with zero attached hydrogens (tertiary/aromatic N) is 3. The van der Waals surface area contributed by atoms with Gasteiger partial charge in [0.2, 0.25) is 5.91 Å². The summed E-state index contributed by atoms with van der Waals surface area (Å²) in [6, 6.07) is 13.8. The number of carbonyl (C=O) groups is 1. The highest BCUT2D eigenvalue weighted by Crippen LogP contribution is 2.31. The van der Waals surface area contributed by atoms with Gasteiger partial charge in [-0.25, -0.2) is 0 Å². The Hall–Kier alpha value is -2.93. The second kappa shape index (κ2) is 10.2. The second-order valence-electron chi connectivity index (χ2n) is 7.36. The number of anilines is 1. The molecular weight excluding hydrogens is 382 g/mol. The number of hydrogen-bond donors (Lipinski definition) is 0. The summed E-state index contributed by atoms with van der Waals surface area (Å²) in [4.78, 5) is 19.0. The number of para-hydroxylation sites is 3. The molecule has 0 bridgehead atoms. The summed E-state index contributed by atoms with van der Waals surface area (Å²) in [5, 5.41) is 0. The minimum absolute atomic E-state index is 0.138. The lowest BCUT2D eigenvalue weighted by atomic mass is 10.1. The fourth-order valence-electron chi connectivity index (χ4n) is 3.84. The molecule has 2 aromatic carbocycles. The van der Waals surface area contributed by atoms with Crippen LogP contribution in [0.5, 0.6) is 17.2 Å². The van der Waals surface area contributed by atoms with Crippen LogP contribution in [0.2, 0.25) is 0 Å². The predicted molar refractivity (Wildman–Crippen MR) is 118 cm³/mol. The zero-order chi connectivity index (χ0) is 21.5. The fourth-order valence-corrected chi connectivity index (χ4v) is 3.84. The van der Waals surface area contributed by atoms with Crippen LogP contribution >= 0.6 is 0 Å². The average Bonchev–Trinajstić information content (AvgIpc) is 2.78. The van der Waals surface area contributed by atoms with E-state index in [-0.39, 0.29) is 5.91 Å². The molecule has 0 saturated carbocycles. The number of benzene rings is 2. The van der Waals surface area contributed by atoms with Crippen molar-refractivity contribution in [3.8, 4) is 17.2 Å². The second-order valence-corrected chi connectivity index (χ2v) is 7.36. The Morgan fingerprint density at radius 1 is 0.900 bits per heavy atom. The maximum atomic E-state index is 12.8. The van der Waals surface area contributed by atoms with Crippen molar-refractivity contribution in [3.63, 3.8) is 0 Å². The highest BCUT2D eigenvalue weighted by molar-refractivity contribution is 5.78. The third-order valence-electron chi connectivity index (χ3n) is 5.39. The fraction of sp³-hybridized carbons (Fsp3) is 0.435. The summed E-state index contributed by atoms with van der Waals surface area (Å²) >= 11 is 0. The van der Waals surface area contributed by atoms with E-state index in [1.807, 2.05) is 53.2 Å². The molecule has 3 rings (SSSR count). The zero-order valence-electron chi connectivity index (χ0n) is 18.3. The maximum absolute atomic E-state index is 12.8. The zero-order valence-corrected chi connectivity index (χ0v) is 18.3. The lowest BCUT2D eigenvalue weighted by Gasteiger charge is -2.37. The Balaban J connectivity index is 1.55. The molecule has 30 heavy (non-hydrogen) atoms. The molecule has 2 aromatic rings. The van der Waals surface area contributed by atoms with Crippen molar-refractivity contribution in [2.24, 2.45) is 0 Å². The third kappa shape index (κ3) is 4.97. The van der Waals surface area contributed by atoms with Crippen LogP contribution in [-0.4, -0.2) is 76.8 Å². The van der Waals surface area contributed by atoms with E-state index in [1.165, 1.54) is 0 Å². The molecule has 0 unspecified atom stereocenters. The van der Waals surface area contributed by atoms with Gasteiger partial charge in [0, 0.05) is 38.3 Å². The van der Waals surface area contributed by atoms with Crippen LogP contribution < -0.4 is 19.1 Å². The van der Waals surface area contributed by atoms with E-state index < -0.39 is 0 Å². The predicted octanol–water partition coefficient (Wildman–Crippen LogP) is 2.49. The highest BCUT2D eigenvalue weighted by Gasteiger charge is 2.24. The van der Waals surface area contributed by atoms with Crippen molar-refractivity contribution < 1.29 is 19.0 Å². The van der Waals surface area contributed by atoms with Crippen molar-refractivity contribution in [1.82, 2.24) is 9.80 Å². The largest absolute Gasteiger partial charge is 0.495 e. The number of piperazine rings is 1. The van der Waals surface area contributed by atoms with Gasteiger partial charge in [-0.05, 0) is 25.2 Å². The van der Waals surface area contributed by atoms with E-state index in [0.717, 1.165) is 30.1 Å². The molecule has 162 valence electrons. The van der Waals surface area contributed by atoms with Gasteiger partial charge in [-0.15, -0.1) is 0 Å². The molecule has 1 fully saturated rings. The van der Waals surface area contributed by atoms with E-state index in [0.29, 0.717) is 37.7 Å². The lowest BCUT2D eigenvalue weighted by Crippen LogP contribution is -2.51. The van der Waals surface area contributed by atoms with Crippen LogP contribution in [0.15, 0.2) is 42.5 Å².